The smallest absolute Gasteiger partial charge is 0.228 e. The second-order valence-electron chi connectivity index (χ2n) is 10.9. The van der Waals surface area contributed by atoms with Crippen LogP contribution in [0.3, 0.4) is 0 Å². The van der Waals surface area contributed by atoms with Crippen molar-refractivity contribution in [3.05, 3.63) is 77.9 Å². The highest BCUT2D eigenvalue weighted by Gasteiger charge is 2.43. The topological polar surface area (TPSA) is 100 Å². The van der Waals surface area contributed by atoms with Gasteiger partial charge < -0.3 is 34.6 Å². The number of methoxy groups -OCH3 is 2. The molecule has 1 amide bonds. The fourth-order valence-corrected chi connectivity index (χ4v) is 5.68. The van der Waals surface area contributed by atoms with E-state index in [1.165, 1.54) is 0 Å². The lowest BCUT2D eigenvalue weighted by atomic mass is 9.77. The van der Waals surface area contributed by atoms with E-state index in [9.17, 15) is 15.0 Å². The first-order valence-corrected chi connectivity index (χ1v) is 14.3. The summed E-state index contributed by atoms with van der Waals surface area (Å²) in [6.07, 6.45) is 2.03. The number of phenols is 1. The number of ether oxygens (including phenoxy) is 3. The van der Waals surface area contributed by atoms with E-state index in [0.29, 0.717) is 44.3 Å². The van der Waals surface area contributed by atoms with E-state index in [2.05, 4.69) is 11.4 Å². The first-order valence-electron chi connectivity index (χ1n) is 14.3. The Morgan fingerprint density at radius 3 is 2.46 bits per heavy atom. The predicted molar refractivity (Wildman–Crippen MR) is 157 cm³/mol. The number of nitrogens with zero attached hydrogens (tertiary/aromatic N) is 1. The Labute approximate surface area is 241 Å². The molecule has 218 valence electrons. The summed E-state index contributed by atoms with van der Waals surface area (Å²) in [5, 5.41) is 24.2. The molecule has 3 atom stereocenters. The van der Waals surface area contributed by atoms with Crippen molar-refractivity contribution in [1.29, 1.82) is 0 Å². The molecular weight excluding hydrogens is 520 g/mol. The number of aliphatic hydroxyl groups is 1. The first-order chi connectivity index (χ1) is 20.0. The zero-order valence-electron chi connectivity index (χ0n) is 23.8. The normalized spacial score (nSPS) is 20.4. The van der Waals surface area contributed by atoms with Crippen molar-refractivity contribution in [2.75, 3.05) is 40.5 Å². The predicted octanol–water partition coefficient (Wildman–Crippen LogP) is 4.34. The molecule has 3 N–H and O–H groups in total. The molecule has 3 aromatic carbocycles. The maximum atomic E-state index is 14.3. The number of hydrogen-bond acceptors (Lipinski definition) is 7. The molecule has 3 aromatic rings. The van der Waals surface area contributed by atoms with Gasteiger partial charge in [0.05, 0.1) is 25.7 Å². The van der Waals surface area contributed by atoms with E-state index in [1.54, 1.807) is 26.4 Å². The fraction of sp³-hybridized carbons (Fsp3) is 0.424. The number of piperidine rings is 1. The van der Waals surface area contributed by atoms with E-state index in [0.717, 1.165) is 41.5 Å². The summed E-state index contributed by atoms with van der Waals surface area (Å²) in [7, 11) is 3.30. The number of nitrogens with one attached hydrogen (secondary N) is 1. The number of aliphatic hydroxyl groups excluding tert-OH is 1. The number of benzene rings is 3. The molecule has 8 heteroatoms. The summed E-state index contributed by atoms with van der Waals surface area (Å²) in [6, 6.07) is 21.1. The van der Waals surface area contributed by atoms with Gasteiger partial charge in [-0.15, -0.1) is 0 Å². The molecule has 41 heavy (non-hydrogen) atoms. The lowest BCUT2D eigenvalue weighted by Crippen LogP contribution is -2.52. The Hall–Kier alpha value is -3.59. The van der Waals surface area contributed by atoms with Gasteiger partial charge in [0.15, 0.2) is 0 Å². The van der Waals surface area contributed by atoms with Gasteiger partial charge in [-0.2, -0.15) is 0 Å². The van der Waals surface area contributed by atoms with Gasteiger partial charge >= 0.3 is 0 Å². The molecule has 1 aliphatic heterocycles. The molecule has 1 aliphatic carbocycles. The minimum absolute atomic E-state index is 0.0455. The van der Waals surface area contributed by atoms with E-state index in [-0.39, 0.29) is 23.6 Å². The van der Waals surface area contributed by atoms with Crippen molar-refractivity contribution in [2.45, 2.75) is 43.9 Å². The third kappa shape index (κ3) is 7.19. The van der Waals surface area contributed by atoms with Crippen molar-refractivity contribution in [1.82, 2.24) is 10.2 Å². The van der Waals surface area contributed by atoms with Gasteiger partial charge in [0.2, 0.25) is 5.91 Å². The van der Waals surface area contributed by atoms with Gasteiger partial charge in [0.25, 0.3) is 0 Å². The summed E-state index contributed by atoms with van der Waals surface area (Å²) in [6.45, 7) is 2.53. The summed E-state index contributed by atoms with van der Waals surface area (Å²) >= 11 is 0. The number of carbonyl (C=O) groups is 1. The molecule has 2 aliphatic rings. The van der Waals surface area contributed by atoms with E-state index in [1.807, 2.05) is 53.4 Å². The third-order valence-electron chi connectivity index (χ3n) is 7.92. The summed E-state index contributed by atoms with van der Waals surface area (Å²) in [5.74, 6) is 0.898. The van der Waals surface area contributed by atoms with Crippen molar-refractivity contribution in [2.24, 2.45) is 5.92 Å². The van der Waals surface area contributed by atoms with Crippen LogP contribution in [0.2, 0.25) is 0 Å². The maximum absolute atomic E-state index is 14.3. The number of hydrogen-bond donors (Lipinski definition) is 3. The number of carbonyl (C=O) groups excluding carboxylic acids is 1. The van der Waals surface area contributed by atoms with E-state index >= 15 is 0 Å². The molecule has 2 fully saturated rings. The molecule has 0 radical (unpaired) electrons. The van der Waals surface area contributed by atoms with Crippen LogP contribution in [0.15, 0.2) is 66.7 Å². The summed E-state index contributed by atoms with van der Waals surface area (Å²) < 4.78 is 16.6. The lowest BCUT2D eigenvalue weighted by Gasteiger charge is -2.38. The fourth-order valence-electron chi connectivity index (χ4n) is 5.68. The molecule has 1 heterocycles. The molecule has 0 aromatic heterocycles. The average molecular weight is 561 g/mol. The van der Waals surface area contributed by atoms with Crippen LogP contribution in [0, 0.1) is 5.92 Å². The highest BCUT2D eigenvalue weighted by molar-refractivity contribution is 5.81. The first kappa shape index (κ1) is 28.9. The number of amides is 1. The van der Waals surface area contributed by atoms with Gasteiger partial charge in [-0.05, 0) is 59.4 Å². The van der Waals surface area contributed by atoms with E-state index in [4.69, 9.17) is 14.2 Å². The Morgan fingerprint density at radius 1 is 0.951 bits per heavy atom. The summed E-state index contributed by atoms with van der Waals surface area (Å²) in [5.41, 5.74) is 3.83. The Kier molecular flexibility index (Phi) is 9.44. The zero-order valence-corrected chi connectivity index (χ0v) is 23.8. The minimum Gasteiger partial charge on any atom is -0.508 e. The highest BCUT2D eigenvalue weighted by Crippen LogP contribution is 2.38. The molecule has 0 spiro atoms. The van der Waals surface area contributed by atoms with Crippen LogP contribution < -0.4 is 14.8 Å². The molecule has 1 saturated carbocycles. The average Bonchev–Trinajstić information content (AvgIpc) is 3.83. The minimum atomic E-state index is -0.697. The molecule has 0 bridgehead atoms. The molecule has 5 rings (SSSR count). The molecule has 8 nitrogen and oxygen atoms in total. The second kappa shape index (κ2) is 13.4. The Balaban J connectivity index is 1.38. The van der Waals surface area contributed by atoms with Crippen LogP contribution in [-0.4, -0.2) is 73.7 Å². The van der Waals surface area contributed by atoms with Crippen molar-refractivity contribution < 1.29 is 29.2 Å². The van der Waals surface area contributed by atoms with Crippen molar-refractivity contribution >= 4 is 5.91 Å². The van der Waals surface area contributed by atoms with Gasteiger partial charge in [0, 0.05) is 57.8 Å². The third-order valence-corrected chi connectivity index (χ3v) is 7.92. The van der Waals surface area contributed by atoms with E-state index < -0.39 is 12.0 Å². The van der Waals surface area contributed by atoms with Crippen molar-refractivity contribution in [3.8, 4) is 28.4 Å². The molecular formula is C33H40N2O6. The van der Waals surface area contributed by atoms with Crippen LogP contribution >= 0.6 is 0 Å². The quantitative estimate of drug-likeness (QED) is 0.284. The monoisotopic (exact) mass is 560 g/mol. The van der Waals surface area contributed by atoms with Crippen molar-refractivity contribution in [3.63, 3.8) is 0 Å². The maximum Gasteiger partial charge on any atom is 0.228 e. The van der Waals surface area contributed by atoms with Gasteiger partial charge in [-0.1, -0.05) is 36.4 Å². The van der Waals surface area contributed by atoms with Crippen LogP contribution in [0.5, 0.6) is 17.2 Å². The van der Waals surface area contributed by atoms with Crippen LogP contribution in [-0.2, 0) is 16.1 Å². The van der Waals surface area contributed by atoms with Gasteiger partial charge in [-0.25, -0.2) is 0 Å². The Morgan fingerprint density at radius 2 is 1.73 bits per heavy atom. The largest absolute Gasteiger partial charge is 0.508 e. The Bertz CT molecular complexity index is 1310. The van der Waals surface area contributed by atoms with Crippen LogP contribution in [0.25, 0.3) is 11.1 Å². The summed E-state index contributed by atoms with van der Waals surface area (Å²) in [4.78, 5) is 16.2. The van der Waals surface area contributed by atoms with Gasteiger partial charge in [0.1, 0.15) is 17.2 Å². The number of rotatable bonds is 12. The van der Waals surface area contributed by atoms with Crippen LogP contribution in [0.1, 0.15) is 36.3 Å². The number of phenolic OH excluding ortho intramolecular Hbond substituents is 1. The molecule has 1 saturated heterocycles. The standard InChI is InChI=1S/C33H40N2O6/c1-39-13-4-14-41-29-16-22(15-28(18-29)40-2)21-35(26-9-10-26)33(38)30-19-34-20-31(37)32(30)25-6-3-5-24(17-25)23-7-11-27(36)12-8-23/h3,5-8,11-12,15-18,26,30-32,34,36-37H,4,9-10,13-14,19-21H2,1-2H3/t30-,31+,32+/m0/s1. The van der Waals surface area contributed by atoms with Gasteiger partial charge in [-0.3, -0.25) is 4.79 Å². The second-order valence-corrected chi connectivity index (χ2v) is 10.9. The number of aromatic hydroxyl groups is 1. The molecule has 0 unspecified atom stereocenters. The highest BCUT2D eigenvalue weighted by atomic mass is 16.5. The van der Waals surface area contributed by atoms with Crippen LogP contribution in [0.4, 0.5) is 0 Å². The lowest BCUT2D eigenvalue weighted by molar-refractivity contribution is -0.139. The zero-order chi connectivity index (χ0) is 28.8. The number of β-amino-alcohol motifs (C(OH)–C–C–N with tert-alkyl or cyclic N) is 1. The SMILES string of the molecule is COCCCOc1cc(CN(C(=O)[C@H]2CNC[C@@H](O)[C@@H]2c2cccc(-c3ccc(O)cc3)c2)C2CC2)cc(OC)c1.